The number of benzene rings is 1. The number of carbonyl (C=O) groups excluding carboxylic acids is 4. The molecule has 0 radical (unpaired) electrons. The molecule has 2 heterocycles. The number of fused-ring (bicyclic) bond motifs is 4. The highest BCUT2D eigenvalue weighted by Gasteiger charge is 2.36. The molecule has 4 bridgehead atoms. The van der Waals surface area contributed by atoms with Crippen LogP contribution in [0.25, 0.3) is 6.08 Å². The van der Waals surface area contributed by atoms with E-state index in [0.717, 1.165) is 11.1 Å². The Kier molecular flexibility index (Phi) is 12.5. The zero-order valence-electron chi connectivity index (χ0n) is 26.1. The molecule has 0 saturated carbocycles. The second-order valence-corrected chi connectivity index (χ2v) is 12.2. The third-order valence-electron chi connectivity index (χ3n) is 8.28. The maximum Gasteiger partial charge on any atom is 0.411 e. The van der Waals surface area contributed by atoms with Crippen molar-refractivity contribution in [3.8, 4) is 0 Å². The van der Waals surface area contributed by atoms with Crippen LogP contribution >= 0.6 is 0 Å². The molecular formula is C32H45F3N4O5. The van der Waals surface area contributed by atoms with Gasteiger partial charge in [0.1, 0.15) is 24.5 Å². The van der Waals surface area contributed by atoms with Crippen molar-refractivity contribution < 1.29 is 37.1 Å². The smallest absolute Gasteiger partial charge is 0.368 e. The van der Waals surface area contributed by atoms with E-state index in [1.807, 2.05) is 43.3 Å². The van der Waals surface area contributed by atoms with Crippen molar-refractivity contribution in [2.24, 2.45) is 17.8 Å². The lowest BCUT2D eigenvalue weighted by Gasteiger charge is -2.35. The van der Waals surface area contributed by atoms with Crippen molar-refractivity contribution in [3.63, 3.8) is 0 Å². The van der Waals surface area contributed by atoms with Gasteiger partial charge in [-0.1, -0.05) is 51.1 Å². The largest absolute Gasteiger partial charge is 0.411 e. The van der Waals surface area contributed by atoms with Gasteiger partial charge in [0.25, 0.3) is 5.91 Å². The number of nitrogens with one attached hydrogen (secondary N) is 3. The van der Waals surface area contributed by atoms with E-state index in [0.29, 0.717) is 25.8 Å². The maximum atomic E-state index is 13.3. The first-order chi connectivity index (χ1) is 20.7. The molecule has 2 aliphatic heterocycles. The number of carbonyl (C=O) groups is 4. The molecule has 3 N–H and O–H groups in total. The van der Waals surface area contributed by atoms with Crippen molar-refractivity contribution in [1.29, 1.82) is 0 Å². The van der Waals surface area contributed by atoms with Crippen LogP contribution in [0.5, 0.6) is 0 Å². The van der Waals surface area contributed by atoms with Crippen LogP contribution in [0.3, 0.4) is 0 Å². The molecule has 244 valence electrons. The first-order valence-electron chi connectivity index (χ1n) is 15.3. The fraction of sp³-hybridized carbons (Fsp3) is 0.625. The summed E-state index contributed by atoms with van der Waals surface area (Å²) in [6.45, 7) is 7.34. The van der Waals surface area contributed by atoms with Crippen LogP contribution in [0.1, 0.15) is 83.9 Å². The predicted octanol–water partition coefficient (Wildman–Crippen LogP) is 4.49. The molecule has 1 saturated heterocycles. The fourth-order valence-corrected chi connectivity index (χ4v) is 5.48. The molecule has 1 fully saturated rings. The number of allylic oxidation sites excluding steroid dienone is 1. The summed E-state index contributed by atoms with van der Waals surface area (Å²) in [6, 6.07) is 5.62. The van der Waals surface area contributed by atoms with E-state index >= 15 is 0 Å². The number of rotatable bonds is 3. The number of amides is 3. The molecule has 3 rings (SSSR count). The number of hydrogen-bond donors (Lipinski definition) is 3. The Labute approximate surface area is 257 Å². The van der Waals surface area contributed by atoms with Gasteiger partial charge in [0.05, 0.1) is 12.1 Å². The zero-order chi connectivity index (χ0) is 32.6. The van der Waals surface area contributed by atoms with Crippen molar-refractivity contribution in [3.05, 3.63) is 41.5 Å². The van der Waals surface area contributed by atoms with Gasteiger partial charge in [-0.15, -0.1) is 0 Å². The average Bonchev–Trinajstić information content (AvgIpc) is 2.97. The van der Waals surface area contributed by atoms with Gasteiger partial charge in [-0.05, 0) is 62.6 Å². The van der Waals surface area contributed by atoms with E-state index in [-0.39, 0.29) is 36.5 Å². The van der Waals surface area contributed by atoms with E-state index in [9.17, 15) is 32.3 Å². The Balaban J connectivity index is 1.90. The van der Waals surface area contributed by atoms with Gasteiger partial charge in [-0.2, -0.15) is 13.2 Å². The SMILES string of the molecule is CC(C)[C@@H]1CC(=O)[C@H](C)[C@H](OCC(F)(F)F)CC/C=C/c2cccc(c2)[C@@H](C)NC(=O)[C@@H]2CCCN(N2)C(=O)[C@H](C)NC1=O. The molecule has 1 aromatic rings. The third kappa shape index (κ3) is 10.2. The Morgan fingerprint density at radius 2 is 1.70 bits per heavy atom. The van der Waals surface area contributed by atoms with Gasteiger partial charge in [-0.3, -0.25) is 24.2 Å². The Bertz CT molecular complexity index is 1200. The van der Waals surface area contributed by atoms with Gasteiger partial charge in [0, 0.05) is 24.8 Å². The van der Waals surface area contributed by atoms with Crippen molar-refractivity contribution in [2.45, 2.75) is 97.1 Å². The standard InChI is InChI=1S/C32H45F3N4O5/c1-19(2)25-17-27(40)20(3)28(44-18-32(33,34)35)14-7-6-10-23-11-8-12-24(16-23)21(4)36-30(42)26-13-9-15-39(38-26)31(43)22(5)37-29(25)41/h6,8,10-12,16,19-22,25-26,28,38H,7,9,13-15,17-18H2,1-5H3,(H,36,42)(H,37,41)/b10-6+/t20-,21+,22-,25-,26-,28+/m0/s1. The Hall–Kier alpha value is -3.25. The number of alkyl halides is 3. The maximum absolute atomic E-state index is 13.3. The molecule has 44 heavy (non-hydrogen) atoms. The summed E-state index contributed by atoms with van der Waals surface area (Å²) >= 11 is 0. The quantitative estimate of drug-likeness (QED) is 0.458. The van der Waals surface area contributed by atoms with E-state index in [1.54, 1.807) is 13.8 Å². The number of hydrogen-bond acceptors (Lipinski definition) is 6. The molecular weight excluding hydrogens is 577 g/mol. The van der Waals surface area contributed by atoms with Crippen molar-refractivity contribution >= 4 is 29.6 Å². The second-order valence-electron chi connectivity index (χ2n) is 12.2. The molecule has 9 nitrogen and oxygen atoms in total. The van der Waals surface area contributed by atoms with E-state index < -0.39 is 54.6 Å². The zero-order valence-corrected chi connectivity index (χ0v) is 26.1. The third-order valence-corrected chi connectivity index (χ3v) is 8.28. The molecule has 12 heteroatoms. The van der Waals surface area contributed by atoms with Crippen LogP contribution in [-0.2, 0) is 23.9 Å². The monoisotopic (exact) mass is 622 g/mol. The van der Waals surface area contributed by atoms with Crippen LogP contribution in [0, 0.1) is 17.8 Å². The number of Topliss-reactive ketones (excluding diaryl/α,β-unsaturated/α-hetero) is 1. The number of ketones is 1. The van der Waals surface area contributed by atoms with Crippen LogP contribution in [0.4, 0.5) is 13.2 Å². The molecule has 0 unspecified atom stereocenters. The summed E-state index contributed by atoms with van der Waals surface area (Å²) in [5.74, 6) is -3.54. The Morgan fingerprint density at radius 1 is 1.00 bits per heavy atom. The molecule has 3 amide bonds. The number of halogens is 3. The molecule has 0 spiro atoms. The van der Waals surface area contributed by atoms with Gasteiger partial charge in [-0.25, -0.2) is 5.43 Å². The van der Waals surface area contributed by atoms with Crippen LogP contribution in [0.2, 0.25) is 0 Å². The topological polar surface area (TPSA) is 117 Å². The minimum Gasteiger partial charge on any atom is -0.368 e. The first kappa shape index (κ1) is 35.2. The summed E-state index contributed by atoms with van der Waals surface area (Å²) in [7, 11) is 0. The second kappa shape index (κ2) is 15.7. The summed E-state index contributed by atoms with van der Waals surface area (Å²) in [5, 5.41) is 7.05. The fourth-order valence-electron chi connectivity index (χ4n) is 5.48. The van der Waals surface area contributed by atoms with Crippen LogP contribution < -0.4 is 16.1 Å². The van der Waals surface area contributed by atoms with Gasteiger partial charge >= 0.3 is 6.18 Å². The number of hydrazine groups is 1. The minimum absolute atomic E-state index is 0.167. The molecule has 1 aromatic carbocycles. The summed E-state index contributed by atoms with van der Waals surface area (Å²) in [6.07, 6.45) is -0.472. The lowest BCUT2D eigenvalue weighted by molar-refractivity contribution is -0.191. The lowest BCUT2D eigenvalue weighted by Crippen LogP contribution is -2.61. The van der Waals surface area contributed by atoms with Gasteiger partial charge in [0.2, 0.25) is 11.8 Å². The van der Waals surface area contributed by atoms with E-state index in [2.05, 4.69) is 16.1 Å². The first-order valence-corrected chi connectivity index (χ1v) is 15.3. The minimum atomic E-state index is -4.56. The highest BCUT2D eigenvalue weighted by Crippen LogP contribution is 2.26. The van der Waals surface area contributed by atoms with Gasteiger partial charge < -0.3 is 15.4 Å². The predicted molar refractivity (Wildman–Crippen MR) is 160 cm³/mol. The molecule has 0 aromatic heterocycles. The molecule has 0 aliphatic carbocycles. The highest BCUT2D eigenvalue weighted by molar-refractivity contribution is 5.92. The van der Waals surface area contributed by atoms with Crippen molar-refractivity contribution in [2.75, 3.05) is 13.2 Å². The van der Waals surface area contributed by atoms with Crippen LogP contribution in [-0.4, -0.2) is 66.0 Å². The normalized spacial score (nSPS) is 29.3. The molecule has 6 atom stereocenters. The summed E-state index contributed by atoms with van der Waals surface area (Å²) in [4.78, 5) is 53.0. The molecule has 2 aliphatic rings. The van der Waals surface area contributed by atoms with E-state index in [4.69, 9.17) is 4.74 Å². The summed E-state index contributed by atoms with van der Waals surface area (Å²) < 4.78 is 44.4. The van der Waals surface area contributed by atoms with Crippen molar-refractivity contribution in [1.82, 2.24) is 21.1 Å². The van der Waals surface area contributed by atoms with Gasteiger partial charge in [0.15, 0.2) is 0 Å². The van der Waals surface area contributed by atoms with Crippen LogP contribution in [0.15, 0.2) is 30.3 Å². The highest BCUT2D eigenvalue weighted by atomic mass is 19.4. The Morgan fingerprint density at radius 3 is 2.39 bits per heavy atom. The lowest BCUT2D eigenvalue weighted by atomic mass is 9.84. The number of nitrogens with zero attached hydrogens (tertiary/aromatic N) is 1. The summed E-state index contributed by atoms with van der Waals surface area (Å²) in [5.41, 5.74) is 4.70. The average molecular weight is 623 g/mol. The number of ether oxygens (including phenoxy) is 1. The van der Waals surface area contributed by atoms with E-state index in [1.165, 1.54) is 18.9 Å².